The summed E-state index contributed by atoms with van der Waals surface area (Å²) in [5, 5.41) is 43.9. The van der Waals surface area contributed by atoms with Crippen molar-refractivity contribution in [1.29, 1.82) is 0 Å². The molecule has 0 radical (unpaired) electrons. The minimum atomic E-state index is -1.21. The zero-order valence-corrected chi connectivity index (χ0v) is 25.9. The third kappa shape index (κ3) is 7.81. The van der Waals surface area contributed by atoms with Crippen molar-refractivity contribution >= 4 is 6.29 Å². The maximum Gasteiger partial charge on any atom is 0.145 e. The number of carbonyl (C=O) groups is 1. The lowest BCUT2D eigenvalue weighted by atomic mass is 9.49. The van der Waals surface area contributed by atoms with Gasteiger partial charge >= 0.3 is 0 Å². The Kier molecular flexibility index (Phi) is 13.0. The van der Waals surface area contributed by atoms with Crippen LogP contribution in [0, 0.1) is 35.0 Å². The molecule has 0 saturated heterocycles. The summed E-state index contributed by atoms with van der Waals surface area (Å²) >= 11 is 0. The normalized spacial score (nSPS) is 37.4. The van der Waals surface area contributed by atoms with Gasteiger partial charge in [0.15, 0.2) is 0 Å². The second-order valence-electron chi connectivity index (χ2n) is 12.7. The SMILES string of the molecule is C=C1/C=C/C=C(/[C@H]2CC[C@@]3([C@H](CCCO)/C(=C(\C)C=O)[C@H](CCCO)C[C@@]3(C)O)[C@@H]2O)COCC#CC/C(C)=C\CC1. The molecule has 0 aromatic heterocycles. The molecule has 4 N–H and O–H groups in total. The van der Waals surface area contributed by atoms with Gasteiger partial charge in [-0.05, 0) is 102 Å². The standard InChI is InChI=1S/C36H52O6/c1-26-11-5-6-22-42-25-30(15-8-14-27(2)13-7-12-26)31-18-19-36(34(31)40)32(17-10-21-38)33(28(3)24-39)29(16-9-20-37)23-35(36,4)41/h8,12,14-15,24,29,31-32,34,37-38,40-41H,2,7,9-11,13,16-23,25H2,1,3-4H3/b14-8+,26-12-,30-15+,33-28+/t29-,31-,32-,34-,35-,36-/m1/s1. The van der Waals surface area contributed by atoms with E-state index in [4.69, 9.17) is 4.74 Å². The summed E-state index contributed by atoms with van der Waals surface area (Å²) in [4.78, 5) is 12.2. The highest BCUT2D eigenvalue weighted by molar-refractivity contribution is 5.74. The van der Waals surface area contributed by atoms with E-state index >= 15 is 0 Å². The first-order valence-corrected chi connectivity index (χ1v) is 15.6. The Balaban J connectivity index is 2.02. The van der Waals surface area contributed by atoms with Crippen LogP contribution in [-0.2, 0) is 9.53 Å². The number of carbonyl (C=O) groups excluding carboxylic acids is 1. The Morgan fingerprint density at radius 3 is 2.67 bits per heavy atom. The second-order valence-corrected chi connectivity index (χ2v) is 12.7. The summed E-state index contributed by atoms with van der Waals surface area (Å²) in [5.74, 6) is 5.68. The van der Waals surface area contributed by atoms with E-state index in [1.54, 1.807) is 0 Å². The van der Waals surface area contributed by atoms with E-state index in [0.717, 1.165) is 35.8 Å². The van der Waals surface area contributed by atoms with E-state index in [1.807, 2.05) is 32.1 Å². The highest BCUT2D eigenvalue weighted by atomic mass is 16.5. The Morgan fingerprint density at radius 2 is 1.95 bits per heavy atom. The third-order valence-corrected chi connectivity index (χ3v) is 9.87. The zero-order chi connectivity index (χ0) is 30.8. The van der Waals surface area contributed by atoms with Crippen LogP contribution in [0.5, 0.6) is 0 Å². The lowest BCUT2D eigenvalue weighted by Gasteiger charge is -2.58. The molecule has 2 fully saturated rings. The van der Waals surface area contributed by atoms with Crippen molar-refractivity contribution < 1.29 is 30.0 Å². The number of aliphatic hydroxyl groups excluding tert-OH is 3. The third-order valence-electron chi connectivity index (χ3n) is 9.87. The van der Waals surface area contributed by atoms with Crippen molar-refractivity contribution in [1.82, 2.24) is 0 Å². The van der Waals surface area contributed by atoms with Crippen LogP contribution >= 0.6 is 0 Å². The molecule has 0 aromatic carbocycles. The molecule has 3 rings (SSSR count). The van der Waals surface area contributed by atoms with Gasteiger partial charge in [-0.1, -0.05) is 59.4 Å². The molecule has 1 aliphatic heterocycles. The van der Waals surface area contributed by atoms with Crippen molar-refractivity contribution in [2.75, 3.05) is 26.4 Å². The van der Waals surface area contributed by atoms with Crippen molar-refractivity contribution in [2.45, 2.75) is 96.7 Å². The molecule has 6 atom stereocenters. The fourth-order valence-corrected chi connectivity index (χ4v) is 7.82. The van der Waals surface area contributed by atoms with Crippen LogP contribution in [0.3, 0.4) is 0 Å². The van der Waals surface area contributed by atoms with Crippen LogP contribution in [0.4, 0.5) is 0 Å². The Morgan fingerprint density at radius 1 is 1.21 bits per heavy atom. The van der Waals surface area contributed by atoms with Gasteiger partial charge in [-0.2, -0.15) is 0 Å². The van der Waals surface area contributed by atoms with Gasteiger partial charge in [0.25, 0.3) is 0 Å². The Bertz CT molecular complexity index is 1130. The first kappa shape index (κ1) is 34.2. The molecule has 2 saturated carbocycles. The number of aliphatic hydroxyl groups is 4. The van der Waals surface area contributed by atoms with Gasteiger partial charge in [-0.15, -0.1) is 0 Å². The smallest absolute Gasteiger partial charge is 0.145 e. The molecule has 2 aliphatic carbocycles. The predicted octanol–water partition coefficient (Wildman–Crippen LogP) is 5.38. The summed E-state index contributed by atoms with van der Waals surface area (Å²) in [7, 11) is 0. The number of hydrogen-bond acceptors (Lipinski definition) is 6. The highest BCUT2D eigenvalue weighted by Gasteiger charge is 2.65. The van der Waals surface area contributed by atoms with Crippen molar-refractivity contribution in [3.63, 3.8) is 0 Å². The summed E-state index contributed by atoms with van der Waals surface area (Å²) in [6, 6.07) is 0. The molecule has 42 heavy (non-hydrogen) atoms. The van der Waals surface area contributed by atoms with E-state index in [9.17, 15) is 25.2 Å². The summed E-state index contributed by atoms with van der Waals surface area (Å²) < 4.78 is 6.00. The summed E-state index contributed by atoms with van der Waals surface area (Å²) in [6.45, 7) is 10.6. The first-order chi connectivity index (χ1) is 20.1. The molecule has 1 heterocycles. The number of rotatable bonds is 8. The number of hydrogen-bond donors (Lipinski definition) is 4. The largest absolute Gasteiger partial charge is 0.396 e. The predicted molar refractivity (Wildman–Crippen MR) is 167 cm³/mol. The summed E-state index contributed by atoms with van der Waals surface area (Å²) in [6.07, 6.45) is 14.6. The fraction of sp³-hybridized carbons (Fsp3) is 0.639. The van der Waals surface area contributed by atoms with Crippen LogP contribution in [0.2, 0.25) is 0 Å². The maximum atomic E-state index is 12.3. The van der Waals surface area contributed by atoms with Crippen LogP contribution in [-0.4, -0.2) is 64.8 Å². The van der Waals surface area contributed by atoms with E-state index in [-0.39, 0.29) is 31.0 Å². The van der Waals surface area contributed by atoms with Crippen LogP contribution in [0.15, 0.2) is 58.7 Å². The minimum Gasteiger partial charge on any atom is -0.396 e. The van der Waals surface area contributed by atoms with Crippen LogP contribution < -0.4 is 0 Å². The Labute approximate surface area is 252 Å². The topological polar surface area (TPSA) is 107 Å². The molecule has 0 aromatic rings. The van der Waals surface area contributed by atoms with Crippen LogP contribution in [0.25, 0.3) is 0 Å². The van der Waals surface area contributed by atoms with Gasteiger partial charge in [0.05, 0.1) is 18.3 Å². The minimum absolute atomic E-state index is 0.00722. The van der Waals surface area contributed by atoms with Crippen molar-refractivity contribution in [3.8, 4) is 11.8 Å². The van der Waals surface area contributed by atoms with Crippen molar-refractivity contribution in [2.24, 2.45) is 23.2 Å². The number of allylic oxidation sites excluding steroid dienone is 8. The number of ether oxygens (including phenoxy) is 1. The Hall–Kier alpha value is -2.27. The molecular weight excluding hydrogens is 528 g/mol. The van der Waals surface area contributed by atoms with Gasteiger partial charge < -0.3 is 25.2 Å². The molecule has 232 valence electrons. The average Bonchev–Trinajstić information content (AvgIpc) is 3.30. The molecular formula is C36H52O6. The zero-order valence-electron chi connectivity index (χ0n) is 25.9. The van der Waals surface area contributed by atoms with Gasteiger partial charge in [-0.25, -0.2) is 0 Å². The molecule has 6 nitrogen and oxygen atoms in total. The average molecular weight is 581 g/mol. The maximum absolute atomic E-state index is 12.3. The van der Waals surface area contributed by atoms with Gasteiger partial charge in [-0.3, -0.25) is 4.79 Å². The van der Waals surface area contributed by atoms with Gasteiger partial charge in [0.2, 0.25) is 0 Å². The fourth-order valence-electron chi connectivity index (χ4n) is 7.82. The molecule has 0 unspecified atom stereocenters. The van der Waals surface area contributed by atoms with Gasteiger partial charge in [0, 0.05) is 31.0 Å². The van der Waals surface area contributed by atoms with E-state index in [0.29, 0.717) is 70.2 Å². The molecule has 3 aliphatic rings. The molecule has 0 amide bonds. The van der Waals surface area contributed by atoms with E-state index in [2.05, 4.69) is 31.4 Å². The molecule has 6 heteroatoms. The van der Waals surface area contributed by atoms with Gasteiger partial charge in [0.1, 0.15) is 12.9 Å². The summed E-state index contributed by atoms with van der Waals surface area (Å²) in [5.41, 5.74) is 2.71. The quantitative estimate of drug-likeness (QED) is 0.133. The van der Waals surface area contributed by atoms with E-state index < -0.39 is 17.1 Å². The second kappa shape index (κ2) is 16.0. The van der Waals surface area contributed by atoms with Crippen molar-refractivity contribution in [3.05, 3.63) is 58.7 Å². The molecule has 0 bridgehead atoms. The first-order valence-electron chi connectivity index (χ1n) is 15.6. The lowest BCUT2D eigenvalue weighted by molar-refractivity contribution is -0.177. The molecule has 1 spiro atoms. The highest BCUT2D eigenvalue weighted by Crippen LogP contribution is 2.64. The monoisotopic (exact) mass is 580 g/mol. The van der Waals surface area contributed by atoms with Crippen LogP contribution in [0.1, 0.15) is 85.0 Å². The lowest BCUT2D eigenvalue weighted by Crippen LogP contribution is -2.61. The number of aldehydes is 1. The van der Waals surface area contributed by atoms with E-state index in [1.165, 1.54) is 5.57 Å².